The van der Waals surface area contributed by atoms with Crippen LogP contribution in [0.3, 0.4) is 0 Å². The lowest BCUT2D eigenvalue weighted by molar-refractivity contribution is -0.150. The Labute approximate surface area is 98.1 Å². The molecule has 1 aliphatic heterocycles. The monoisotopic (exact) mass is 228 g/mol. The first-order chi connectivity index (χ1) is 7.56. The van der Waals surface area contributed by atoms with Crippen molar-refractivity contribution >= 4 is 5.97 Å². The zero-order valence-corrected chi connectivity index (χ0v) is 10.6. The van der Waals surface area contributed by atoms with Gasteiger partial charge in [0.1, 0.15) is 0 Å². The van der Waals surface area contributed by atoms with Gasteiger partial charge in [-0.25, -0.2) is 0 Å². The third kappa shape index (κ3) is 4.10. The number of carbonyl (C=O) groups is 1. The number of nitrogens with one attached hydrogen (secondary N) is 2. The van der Waals surface area contributed by atoms with E-state index < -0.39 is 5.41 Å². The Morgan fingerprint density at radius 3 is 2.62 bits per heavy atom. The third-order valence-corrected chi connectivity index (χ3v) is 3.20. The van der Waals surface area contributed by atoms with Crippen LogP contribution in [0.4, 0.5) is 0 Å². The maximum atomic E-state index is 11.4. The molecule has 0 unspecified atom stereocenters. The van der Waals surface area contributed by atoms with Crippen LogP contribution in [0.5, 0.6) is 0 Å². The number of hydrogen-bond acceptors (Lipinski definition) is 4. The fraction of sp³-hybridized carbons (Fsp3) is 0.917. The molecule has 4 heteroatoms. The average Bonchev–Trinajstić information content (AvgIpc) is 2.29. The van der Waals surface area contributed by atoms with Crippen molar-refractivity contribution in [2.24, 2.45) is 11.3 Å². The zero-order valence-electron chi connectivity index (χ0n) is 10.6. The summed E-state index contributed by atoms with van der Waals surface area (Å²) in [6.45, 7) is 7.74. The van der Waals surface area contributed by atoms with E-state index in [-0.39, 0.29) is 5.97 Å². The molecule has 94 valence electrons. The summed E-state index contributed by atoms with van der Waals surface area (Å²) in [7, 11) is 1.44. The summed E-state index contributed by atoms with van der Waals surface area (Å²) < 4.78 is 4.77. The largest absolute Gasteiger partial charge is 0.469 e. The van der Waals surface area contributed by atoms with Crippen LogP contribution in [0.25, 0.3) is 0 Å². The molecular formula is C12H24N2O2. The number of methoxy groups -OCH3 is 1. The van der Waals surface area contributed by atoms with Crippen molar-refractivity contribution in [3.63, 3.8) is 0 Å². The van der Waals surface area contributed by atoms with Gasteiger partial charge >= 0.3 is 5.97 Å². The Kier molecular flexibility index (Phi) is 5.22. The van der Waals surface area contributed by atoms with Gasteiger partial charge in [-0.2, -0.15) is 0 Å². The Balaban J connectivity index is 2.20. The summed E-state index contributed by atoms with van der Waals surface area (Å²) >= 11 is 0. The molecule has 0 spiro atoms. The smallest absolute Gasteiger partial charge is 0.312 e. The van der Waals surface area contributed by atoms with Gasteiger partial charge in [0.2, 0.25) is 0 Å². The summed E-state index contributed by atoms with van der Waals surface area (Å²) in [6, 6.07) is 0. The molecule has 0 radical (unpaired) electrons. The van der Waals surface area contributed by atoms with Gasteiger partial charge in [-0.15, -0.1) is 0 Å². The number of carbonyl (C=O) groups excluding carboxylic acids is 1. The fourth-order valence-corrected chi connectivity index (χ4v) is 2.02. The predicted octanol–water partition coefficient (Wildman–Crippen LogP) is 0.775. The van der Waals surface area contributed by atoms with Crippen molar-refractivity contribution in [2.45, 2.75) is 26.7 Å². The van der Waals surface area contributed by atoms with Crippen LogP contribution in [0.2, 0.25) is 0 Å². The minimum atomic E-state index is -0.429. The lowest BCUT2D eigenvalue weighted by Crippen LogP contribution is -2.40. The van der Waals surface area contributed by atoms with E-state index in [1.54, 1.807) is 0 Å². The first kappa shape index (κ1) is 13.5. The molecule has 2 N–H and O–H groups in total. The van der Waals surface area contributed by atoms with Crippen LogP contribution in [0, 0.1) is 11.3 Å². The van der Waals surface area contributed by atoms with Crippen LogP contribution in [-0.2, 0) is 9.53 Å². The highest BCUT2D eigenvalue weighted by Crippen LogP contribution is 2.16. The first-order valence-corrected chi connectivity index (χ1v) is 6.06. The van der Waals surface area contributed by atoms with E-state index in [1.807, 2.05) is 13.8 Å². The summed E-state index contributed by atoms with van der Waals surface area (Å²) in [4.78, 5) is 11.4. The molecule has 1 heterocycles. The summed E-state index contributed by atoms with van der Waals surface area (Å²) in [6.07, 6.45) is 2.46. The van der Waals surface area contributed by atoms with Crippen LogP contribution >= 0.6 is 0 Å². The Bertz CT molecular complexity index is 223. The molecule has 1 rings (SSSR count). The lowest BCUT2D eigenvalue weighted by Gasteiger charge is -2.26. The molecule has 0 amide bonds. The van der Waals surface area contributed by atoms with E-state index in [0.717, 1.165) is 25.6 Å². The second-order valence-electron chi connectivity index (χ2n) is 5.20. The minimum Gasteiger partial charge on any atom is -0.469 e. The Morgan fingerprint density at radius 1 is 1.44 bits per heavy atom. The van der Waals surface area contributed by atoms with Crippen LogP contribution in [0.1, 0.15) is 26.7 Å². The van der Waals surface area contributed by atoms with E-state index >= 15 is 0 Å². The van der Waals surface area contributed by atoms with Crippen LogP contribution in [0.15, 0.2) is 0 Å². The standard InChI is InChI=1S/C12H24N2O2/c1-12(2,11(15)16-3)9-14-8-10-4-6-13-7-5-10/h10,13-14H,4-9H2,1-3H3. The maximum absolute atomic E-state index is 11.4. The molecule has 0 aromatic heterocycles. The lowest BCUT2D eigenvalue weighted by atomic mass is 9.92. The molecule has 1 fully saturated rings. The van der Waals surface area contributed by atoms with Gasteiger partial charge in [-0.05, 0) is 52.2 Å². The van der Waals surface area contributed by atoms with Gasteiger partial charge in [0, 0.05) is 6.54 Å². The zero-order chi connectivity index (χ0) is 12.0. The maximum Gasteiger partial charge on any atom is 0.312 e. The molecule has 4 nitrogen and oxygen atoms in total. The van der Waals surface area contributed by atoms with E-state index in [1.165, 1.54) is 20.0 Å². The number of esters is 1. The van der Waals surface area contributed by atoms with E-state index in [4.69, 9.17) is 4.74 Å². The molecule has 0 aromatic rings. The molecule has 0 atom stereocenters. The molecule has 0 aromatic carbocycles. The van der Waals surface area contributed by atoms with Crippen molar-refractivity contribution in [3.8, 4) is 0 Å². The molecule has 16 heavy (non-hydrogen) atoms. The van der Waals surface area contributed by atoms with E-state index in [2.05, 4.69) is 10.6 Å². The summed E-state index contributed by atoms with van der Waals surface area (Å²) in [5, 5.41) is 6.73. The Hall–Kier alpha value is -0.610. The second-order valence-corrected chi connectivity index (χ2v) is 5.20. The summed E-state index contributed by atoms with van der Waals surface area (Å²) in [5.74, 6) is 0.597. The SMILES string of the molecule is COC(=O)C(C)(C)CNCC1CCNCC1. The van der Waals surface area contributed by atoms with E-state index in [0.29, 0.717) is 6.54 Å². The Morgan fingerprint density at radius 2 is 2.06 bits per heavy atom. The predicted molar refractivity (Wildman–Crippen MR) is 64.3 cm³/mol. The van der Waals surface area contributed by atoms with Gasteiger partial charge in [0.25, 0.3) is 0 Å². The second kappa shape index (κ2) is 6.21. The average molecular weight is 228 g/mol. The number of ether oxygens (including phenoxy) is 1. The quantitative estimate of drug-likeness (QED) is 0.683. The van der Waals surface area contributed by atoms with Gasteiger partial charge in [0.15, 0.2) is 0 Å². The van der Waals surface area contributed by atoms with Gasteiger partial charge < -0.3 is 15.4 Å². The molecule has 0 saturated carbocycles. The molecule has 0 aliphatic carbocycles. The summed E-state index contributed by atoms with van der Waals surface area (Å²) in [5.41, 5.74) is -0.429. The first-order valence-electron chi connectivity index (χ1n) is 6.06. The molecular weight excluding hydrogens is 204 g/mol. The van der Waals surface area contributed by atoms with Crippen molar-refractivity contribution in [1.82, 2.24) is 10.6 Å². The van der Waals surface area contributed by atoms with E-state index in [9.17, 15) is 4.79 Å². The highest BCUT2D eigenvalue weighted by molar-refractivity contribution is 5.76. The van der Waals surface area contributed by atoms with Crippen LogP contribution in [-0.4, -0.2) is 39.3 Å². The highest BCUT2D eigenvalue weighted by Gasteiger charge is 2.28. The molecule has 0 bridgehead atoms. The molecule has 1 aliphatic rings. The third-order valence-electron chi connectivity index (χ3n) is 3.20. The van der Waals surface area contributed by atoms with Crippen LogP contribution < -0.4 is 10.6 Å². The number of hydrogen-bond donors (Lipinski definition) is 2. The highest BCUT2D eigenvalue weighted by atomic mass is 16.5. The van der Waals surface area contributed by atoms with Crippen molar-refractivity contribution in [3.05, 3.63) is 0 Å². The van der Waals surface area contributed by atoms with Gasteiger partial charge in [-0.3, -0.25) is 4.79 Å². The van der Waals surface area contributed by atoms with Gasteiger partial charge in [-0.1, -0.05) is 0 Å². The fourth-order valence-electron chi connectivity index (χ4n) is 2.02. The van der Waals surface area contributed by atoms with Crippen molar-refractivity contribution in [1.29, 1.82) is 0 Å². The van der Waals surface area contributed by atoms with Crippen molar-refractivity contribution in [2.75, 3.05) is 33.3 Å². The van der Waals surface area contributed by atoms with Gasteiger partial charge in [0.05, 0.1) is 12.5 Å². The topological polar surface area (TPSA) is 50.4 Å². The minimum absolute atomic E-state index is 0.148. The van der Waals surface area contributed by atoms with Crippen molar-refractivity contribution < 1.29 is 9.53 Å². The normalized spacial score (nSPS) is 18.4. The number of rotatable bonds is 5. The number of piperidine rings is 1. The molecule has 1 saturated heterocycles.